The van der Waals surface area contributed by atoms with Gasteiger partial charge in [0.15, 0.2) is 19.7 Å². The van der Waals surface area contributed by atoms with E-state index in [1.54, 1.807) is 72.9 Å². The van der Waals surface area contributed by atoms with Crippen LogP contribution in [0, 0.1) is 0 Å². The van der Waals surface area contributed by atoms with Crippen molar-refractivity contribution in [3.63, 3.8) is 0 Å². The molecule has 0 spiro atoms. The van der Waals surface area contributed by atoms with Crippen molar-refractivity contribution >= 4 is 43.6 Å². The number of aryl methyl sites for hydroxylation is 1. The summed E-state index contributed by atoms with van der Waals surface area (Å²) < 4.78 is 18.0. The molecule has 8 nitrogen and oxygen atoms in total. The highest BCUT2D eigenvalue weighted by Gasteiger charge is 2.52. The molecule has 1 aliphatic rings. The van der Waals surface area contributed by atoms with E-state index in [9.17, 15) is 14.4 Å². The molecule has 1 aromatic heterocycles. The predicted molar refractivity (Wildman–Crippen MR) is 169 cm³/mol. The lowest BCUT2D eigenvalue weighted by Crippen LogP contribution is -2.50. The fourth-order valence-corrected chi connectivity index (χ4v) is 6.26. The van der Waals surface area contributed by atoms with Gasteiger partial charge in [-0.15, -0.1) is 0 Å². The minimum absolute atomic E-state index is 0.0733. The predicted octanol–water partition coefficient (Wildman–Crippen LogP) is 8.83. The zero-order valence-electron chi connectivity index (χ0n) is 27.0. The number of imide groups is 1. The summed E-state index contributed by atoms with van der Waals surface area (Å²) in [5.74, 6) is -0.0733. The van der Waals surface area contributed by atoms with Crippen LogP contribution in [-0.4, -0.2) is 42.5 Å². The molecule has 3 rings (SSSR count). The molecule has 2 amide bonds. The van der Waals surface area contributed by atoms with E-state index in [-0.39, 0.29) is 16.5 Å². The molecule has 0 fully saturated rings. The van der Waals surface area contributed by atoms with Crippen LogP contribution in [0.15, 0.2) is 30.5 Å². The molecule has 1 atom stereocenters. The van der Waals surface area contributed by atoms with Gasteiger partial charge in [-0.2, -0.15) is 4.90 Å². The normalized spacial score (nSPS) is 17.5. The third-order valence-corrected chi connectivity index (χ3v) is 12.3. The molecule has 1 heterocycles. The maximum Gasteiger partial charge on any atom is 0.424 e. The van der Waals surface area contributed by atoms with Gasteiger partial charge in [-0.3, -0.25) is 9.78 Å². The summed E-state index contributed by atoms with van der Waals surface area (Å²) >= 11 is 6.43. The summed E-state index contributed by atoms with van der Waals surface area (Å²) in [6, 6.07) is 6.77. The molecule has 10 heteroatoms. The number of ketones is 1. The Labute approximate surface area is 256 Å². The summed E-state index contributed by atoms with van der Waals surface area (Å²) in [4.78, 5) is 45.7. The lowest BCUT2D eigenvalue weighted by Gasteiger charge is -2.43. The van der Waals surface area contributed by atoms with Gasteiger partial charge in [0.25, 0.3) is 0 Å². The number of ether oxygens (including phenoxy) is 2. The van der Waals surface area contributed by atoms with Gasteiger partial charge in [-0.1, -0.05) is 32.4 Å². The van der Waals surface area contributed by atoms with Crippen molar-refractivity contribution in [2.75, 3.05) is 4.90 Å². The van der Waals surface area contributed by atoms with Crippen molar-refractivity contribution < 1.29 is 28.3 Å². The molecule has 1 unspecified atom stereocenters. The van der Waals surface area contributed by atoms with Crippen LogP contribution in [0.1, 0.15) is 86.9 Å². The second-order valence-corrected chi connectivity index (χ2v) is 19.6. The fourth-order valence-electron chi connectivity index (χ4n) is 4.56. The number of aromatic nitrogens is 1. The Morgan fingerprint density at radius 1 is 0.929 bits per heavy atom. The Kier molecular flexibility index (Phi) is 9.15. The first-order chi connectivity index (χ1) is 19.0. The van der Waals surface area contributed by atoms with E-state index in [1.807, 2.05) is 6.07 Å². The van der Waals surface area contributed by atoms with Crippen molar-refractivity contribution in [3.8, 4) is 11.1 Å². The maximum atomic E-state index is 13.4. The van der Waals surface area contributed by atoms with Crippen LogP contribution in [0.4, 0.5) is 15.3 Å². The average Bonchev–Trinajstić information content (AvgIpc) is 3.15. The average molecular weight is 617 g/mol. The molecule has 0 N–H and O–H groups in total. The number of amides is 2. The van der Waals surface area contributed by atoms with E-state index in [2.05, 4.69) is 33.9 Å². The number of carbonyl (C=O) groups excluding carboxylic acids is 3. The summed E-state index contributed by atoms with van der Waals surface area (Å²) in [6.07, 6.45) is 0.946. The monoisotopic (exact) mass is 616 g/mol. The Hall–Kier alpha value is -2.75. The molecular formula is C32H45ClN2O6Si. The highest BCUT2D eigenvalue weighted by molar-refractivity contribution is 6.74. The van der Waals surface area contributed by atoms with E-state index < -0.39 is 37.3 Å². The number of nitrogens with zero attached hydrogens (tertiary/aromatic N) is 2. The van der Waals surface area contributed by atoms with Gasteiger partial charge in [0.2, 0.25) is 0 Å². The Bertz CT molecular complexity index is 1360. The number of hydrogen-bond acceptors (Lipinski definition) is 7. The molecule has 0 aliphatic heterocycles. The highest BCUT2D eigenvalue weighted by atomic mass is 35.5. The molecule has 230 valence electrons. The van der Waals surface area contributed by atoms with Crippen molar-refractivity contribution in [2.45, 2.75) is 117 Å². The molecule has 0 saturated heterocycles. The number of halogens is 1. The smallest absolute Gasteiger partial charge is 0.424 e. The van der Waals surface area contributed by atoms with E-state index in [0.717, 1.165) is 10.5 Å². The standard InChI is InChI=1S/C32H45ClN2O6Si/c1-20(36)32(41-42(11,12)31(8,9)10)16-15-21-17-22(19-34-26(21)32)24-18-23(33)13-14-25(24)35(27(37)39-29(2,3)4)28(38)40-30(5,6)7/h13-14,17-19H,15-16H2,1-12H3. The summed E-state index contributed by atoms with van der Waals surface area (Å²) in [5.41, 5.74) is -0.0177. The molecule has 0 saturated carbocycles. The van der Waals surface area contributed by atoms with Crippen LogP contribution in [0.3, 0.4) is 0 Å². The van der Waals surface area contributed by atoms with Crippen LogP contribution in [0.5, 0.6) is 0 Å². The highest BCUT2D eigenvalue weighted by Crippen LogP contribution is 2.48. The van der Waals surface area contributed by atoms with Gasteiger partial charge in [0, 0.05) is 22.3 Å². The zero-order valence-corrected chi connectivity index (χ0v) is 28.8. The van der Waals surface area contributed by atoms with E-state index in [0.29, 0.717) is 34.7 Å². The second kappa shape index (κ2) is 11.4. The number of anilines is 1. The van der Waals surface area contributed by atoms with Gasteiger partial charge >= 0.3 is 12.2 Å². The second-order valence-electron chi connectivity index (χ2n) is 14.4. The number of pyridine rings is 1. The van der Waals surface area contributed by atoms with Crippen LogP contribution >= 0.6 is 11.6 Å². The van der Waals surface area contributed by atoms with Crippen molar-refractivity contribution in [2.24, 2.45) is 0 Å². The van der Waals surface area contributed by atoms with Gasteiger partial charge in [0.1, 0.15) is 11.2 Å². The van der Waals surface area contributed by atoms with Gasteiger partial charge in [0.05, 0.1) is 11.4 Å². The molecule has 42 heavy (non-hydrogen) atoms. The third kappa shape index (κ3) is 7.23. The van der Waals surface area contributed by atoms with Gasteiger partial charge < -0.3 is 13.9 Å². The van der Waals surface area contributed by atoms with Crippen molar-refractivity contribution in [1.29, 1.82) is 0 Å². The zero-order chi connectivity index (χ0) is 32.1. The first-order valence-electron chi connectivity index (χ1n) is 14.2. The minimum atomic E-state index is -2.33. The molecule has 0 bridgehead atoms. The molecule has 0 radical (unpaired) electrons. The SMILES string of the molecule is CC(=O)C1(O[Si](C)(C)C(C)(C)C)CCc2cc(-c3cc(Cl)ccc3N(C(=O)OC(C)(C)C)C(=O)OC(C)(C)C)cnc21. The number of carbonyl (C=O) groups is 3. The fraction of sp³-hybridized carbons (Fsp3) is 0.562. The number of fused-ring (bicyclic) bond motifs is 1. The minimum Gasteiger partial charge on any atom is -0.443 e. The van der Waals surface area contributed by atoms with Gasteiger partial charge in [-0.25, -0.2) is 9.59 Å². The topological polar surface area (TPSA) is 95.0 Å². The Balaban J connectivity index is 2.17. The van der Waals surface area contributed by atoms with E-state index in [4.69, 9.17) is 30.5 Å². The summed E-state index contributed by atoms with van der Waals surface area (Å²) in [5, 5.41) is 0.308. The molecule has 1 aromatic carbocycles. The largest absolute Gasteiger partial charge is 0.443 e. The summed E-state index contributed by atoms with van der Waals surface area (Å²) in [7, 11) is -2.33. The summed E-state index contributed by atoms with van der Waals surface area (Å²) in [6.45, 7) is 22.6. The first-order valence-corrected chi connectivity index (χ1v) is 17.5. The maximum absolute atomic E-state index is 13.4. The third-order valence-electron chi connectivity index (χ3n) is 7.56. The van der Waals surface area contributed by atoms with Crippen molar-refractivity contribution in [1.82, 2.24) is 4.98 Å². The Morgan fingerprint density at radius 2 is 1.48 bits per heavy atom. The van der Waals surface area contributed by atoms with Crippen LogP contribution in [0.2, 0.25) is 23.2 Å². The number of benzene rings is 1. The molecular weight excluding hydrogens is 572 g/mol. The quantitative estimate of drug-likeness (QED) is 0.310. The Morgan fingerprint density at radius 3 is 1.95 bits per heavy atom. The van der Waals surface area contributed by atoms with E-state index >= 15 is 0 Å². The molecule has 1 aliphatic carbocycles. The lowest BCUT2D eigenvalue weighted by atomic mass is 9.95. The lowest BCUT2D eigenvalue weighted by molar-refractivity contribution is -0.134. The number of Topliss-reactive ketones (excluding diaryl/α,β-unsaturated/α-hetero) is 1. The molecule has 2 aromatic rings. The van der Waals surface area contributed by atoms with Crippen molar-refractivity contribution in [3.05, 3.63) is 46.7 Å². The first kappa shape index (κ1) is 33.7. The van der Waals surface area contributed by atoms with Crippen LogP contribution in [0.25, 0.3) is 11.1 Å². The van der Waals surface area contributed by atoms with E-state index in [1.165, 1.54) is 0 Å². The van der Waals surface area contributed by atoms with Crippen LogP contribution in [-0.2, 0) is 30.7 Å². The number of rotatable bonds is 5. The van der Waals surface area contributed by atoms with Crippen LogP contribution < -0.4 is 4.90 Å². The number of hydrogen-bond donors (Lipinski definition) is 0. The van der Waals surface area contributed by atoms with Gasteiger partial charge in [-0.05, 0) is 109 Å².